The second kappa shape index (κ2) is 4.94. The molecule has 1 heterocycles. The van der Waals surface area contributed by atoms with Crippen LogP contribution >= 0.6 is 0 Å². The molecule has 2 unspecified atom stereocenters. The molecule has 0 radical (unpaired) electrons. The molecule has 1 rings (SSSR count). The zero-order valence-corrected chi connectivity index (χ0v) is 8.95. The highest BCUT2D eigenvalue weighted by Gasteiger charge is 2.26. The number of hydrogen-bond acceptors (Lipinski definition) is 3. The quantitative estimate of drug-likeness (QED) is 0.669. The Morgan fingerprint density at radius 1 is 1.62 bits per heavy atom. The van der Waals surface area contributed by atoms with Crippen molar-refractivity contribution in [2.24, 2.45) is 0 Å². The van der Waals surface area contributed by atoms with Gasteiger partial charge in [0, 0.05) is 31.3 Å². The summed E-state index contributed by atoms with van der Waals surface area (Å²) in [4.78, 5) is 2.38. The Kier molecular flexibility index (Phi) is 4.16. The van der Waals surface area contributed by atoms with E-state index in [0.717, 1.165) is 13.0 Å². The first kappa shape index (κ1) is 11.0. The minimum absolute atomic E-state index is 0.284. The lowest BCUT2D eigenvalue weighted by atomic mass is 10.1. The van der Waals surface area contributed by atoms with E-state index >= 15 is 0 Å². The molecule has 0 aliphatic carbocycles. The van der Waals surface area contributed by atoms with Gasteiger partial charge in [-0.1, -0.05) is 0 Å². The van der Waals surface area contributed by atoms with Crippen LogP contribution in [0.3, 0.4) is 0 Å². The normalized spacial score (nSPS) is 32.3. The van der Waals surface area contributed by atoms with E-state index in [2.05, 4.69) is 31.1 Å². The van der Waals surface area contributed by atoms with Crippen LogP contribution < -0.4 is 5.32 Å². The SMILES string of the molecule is CC1CC(N[C@H](C)CCO)CN1C. The van der Waals surface area contributed by atoms with Gasteiger partial charge < -0.3 is 15.3 Å². The fourth-order valence-corrected chi connectivity index (χ4v) is 1.99. The third kappa shape index (κ3) is 3.25. The van der Waals surface area contributed by atoms with Gasteiger partial charge in [0.1, 0.15) is 0 Å². The fraction of sp³-hybridized carbons (Fsp3) is 1.00. The van der Waals surface area contributed by atoms with Crippen LogP contribution in [0, 0.1) is 0 Å². The largest absolute Gasteiger partial charge is 0.396 e. The van der Waals surface area contributed by atoms with E-state index in [1.165, 1.54) is 6.42 Å². The summed E-state index contributed by atoms with van der Waals surface area (Å²) in [6, 6.07) is 1.74. The number of aliphatic hydroxyl groups excluding tert-OH is 1. The third-order valence-electron chi connectivity index (χ3n) is 2.97. The molecule has 0 saturated carbocycles. The highest BCUT2D eigenvalue weighted by molar-refractivity contribution is 4.86. The summed E-state index contributed by atoms with van der Waals surface area (Å²) in [5, 5.41) is 12.3. The average Bonchev–Trinajstić information content (AvgIpc) is 2.31. The smallest absolute Gasteiger partial charge is 0.0445 e. The molecule has 0 amide bonds. The van der Waals surface area contributed by atoms with Crippen LogP contribution in [-0.4, -0.2) is 48.3 Å². The molecule has 1 aliphatic heterocycles. The number of likely N-dealkylation sites (tertiary alicyclic amines) is 1. The molecule has 0 aromatic heterocycles. The highest BCUT2D eigenvalue weighted by Crippen LogP contribution is 2.15. The van der Waals surface area contributed by atoms with Crippen LogP contribution in [0.1, 0.15) is 26.7 Å². The van der Waals surface area contributed by atoms with Gasteiger partial charge in [-0.3, -0.25) is 0 Å². The minimum atomic E-state index is 0.284. The Morgan fingerprint density at radius 3 is 2.77 bits per heavy atom. The van der Waals surface area contributed by atoms with E-state index in [1.807, 2.05) is 0 Å². The number of likely N-dealkylation sites (N-methyl/N-ethyl adjacent to an activating group) is 1. The number of aliphatic hydroxyl groups is 1. The summed E-state index contributed by atoms with van der Waals surface area (Å²) in [5.41, 5.74) is 0. The van der Waals surface area contributed by atoms with E-state index in [1.54, 1.807) is 0 Å². The maximum atomic E-state index is 8.76. The lowest BCUT2D eigenvalue weighted by Gasteiger charge is -2.18. The Labute approximate surface area is 81.1 Å². The molecule has 3 atom stereocenters. The molecule has 1 fully saturated rings. The zero-order chi connectivity index (χ0) is 9.84. The fourth-order valence-electron chi connectivity index (χ4n) is 1.99. The van der Waals surface area contributed by atoms with Gasteiger partial charge in [-0.25, -0.2) is 0 Å². The van der Waals surface area contributed by atoms with Crippen LogP contribution in [0.4, 0.5) is 0 Å². The van der Waals surface area contributed by atoms with Gasteiger partial charge in [0.15, 0.2) is 0 Å². The number of hydrogen-bond donors (Lipinski definition) is 2. The number of nitrogens with zero attached hydrogens (tertiary/aromatic N) is 1. The molecule has 0 aromatic rings. The lowest BCUT2D eigenvalue weighted by Crippen LogP contribution is -2.38. The Balaban J connectivity index is 2.23. The number of nitrogens with one attached hydrogen (secondary N) is 1. The van der Waals surface area contributed by atoms with Gasteiger partial charge in [-0.05, 0) is 33.7 Å². The summed E-state index contributed by atoms with van der Waals surface area (Å²) in [7, 11) is 2.17. The maximum Gasteiger partial charge on any atom is 0.0445 e. The summed E-state index contributed by atoms with van der Waals surface area (Å²) >= 11 is 0. The van der Waals surface area contributed by atoms with Crippen LogP contribution in [0.2, 0.25) is 0 Å². The molecule has 0 spiro atoms. The van der Waals surface area contributed by atoms with E-state index in [4.69, 9.17) is 5.11 Å². The zero-order valence-electron chi connectivity index (χ0n) is 8.95. The van der Waals surface area contributed by atoms with Gasteiger partial charge in [0.25, 0.3) is 0 Å². The van der Waals surface area contributed by atoms with E-state index in [0.29, 0.717) is 18.1 Å². The first-order chi connectivity index (χ1) is 6.13. The highest BCUT2D eigenvalue weighted by atomic mass is 16.3. The Hall–Kier alpha value is -0.120. The molecular weight excluding hydrogens is 164 g/mol. The summed E-state index contributed by atoms with van der Waals surface area (Å²) in [6.07, 6.45) is 2.08. The van der Waals surface area contributed by atoms with Crippen molar-refractivity contribution >= 4 is 0 Å². The van der Waals surface area contributed by atoms with Crippen molar-refractivity contribution in [3.05, 3.63) is 0 Å². The Morgan fingerprint density at radius 2 is 2.31 bits per heavy atom. The van der Waals surface area contributed by atoms with Crippen molar-refractivity contribution in [3.8, 4) is 0 Å². The molecule has 1 aliphatic rings. The van der Waals surface area contributed by atoms with Crippen molar-refractivity contribution in [2.45, 2.75) is 44.8 Å². The first-order valence-corrected chi connectivity index (χ1v) is 5.20. The molecule has 3 heteroatoms. The van der Waals surface area contributed by atoms with Crippen LogP contribution in [0.25, 0.3) is 0 Å². The van der Waals surface area contributed by atoms with Gasteiger partial charge in [-0.15, -0.1) is 0 Å². The first-order valence-electron chi connectivity index (χ1n) is 5.20. The van der Waals surface area contributed by atoms with E-state index in [-0.39, 0.29) is 6.61 Å². The van der Waals surface area contributed by atoms with Crippen molar-refractivity contribution < 1.29 is 5.11 Å². The third-order valence-corrected chi connectivity index (χ3v) is 2.97. The summed E-state index contributed by atoms with van der Waals surface area (Å²) in [5.74, 6) is 0. The second-order valence-corrected chi connectivity index (χ2v) is 4.30. The molecule has 1 saturated heterocycles. The summed E-state index contributed by atoms with van der Waals surface area (Å²) < 4.78 is 0. The Bertz CT molecular complexity index is 142. The standard InChI is InChI=1S/C10H22N2O/c1-8(4-5-13)11-10-6-9(2)12(3)7-10/h8-11,13H,4-7H2,1-3H3/t8-,9?,10?/m1/s1. The minimum Gasteiger partial charge on any atom is -0.396 e. The van der Waals surface area contributed by atoms with E-state index < -0.39 is 0 Å². The van der Waals surface area contributed by atoms with Crippen molar-refractivity contribution in [1.29, 1.82) is 0 Å². The molecule has 3 nitrogen and oxygen atoms in total. The molecule has 13 heavy (non-hydrogen) atoms. The predicted octanol–water partition coefficient (Wildman–Crippen LogP) is 0.440. The maximum absolute atomic E-state index is 8.76. The van der Waals surface area contributed by atoms with Gasteiger partial charge >= 0.3 is 0 Å². The van der Waals surface area contributed by atoms with Crippen LogP contribution in [0.15, 0.2) is 0 Å². The lowest BCUT2D eigenvalue weighted by molar-refractivity contribution is 0.262. The molecule has 0 aromatic carbocycles. The summed E-state index contributed by atoms with van der Waals surface area (Å²) in [6.45, 7) is 5.82. The van der Waals surface area contributed by atoms with Crippen LogP contribution in [0.5, 0.6) is 0 Å². The second-order valence-electron chi connectivity index (χ2n) is 4.30. The van der Waals surface area contributed by atoms with Crippen molar-refractivity contribution in [3.63, 3.8) is 0 Å². The van der Waals surface area contributed by atoms with Crippen molar-refractivity contribution in [2.75, 3.05) is 20.2 Å². The molecule has 0 bridgehead atoms. The van der Waals surface area contributed by atoms with Gasteiger partial charge in [0.2, 0.25) is 0 Å². The topological polar surface area (TPSA) is 35.5 Å². The van der Waals surface area contributed by atoms with Gasteiger partial charge in [0.05, 0.1) is 0 Å². The monoisotopic (exact) mass is 186 g/mol. The van der Waals surface area contributed by atoms with Crippen molar-refractivity contribution in [1.82, 2.24) is 10.2 Å². The van der Waals surface area contributed by atoms with E-state index in [9.17, 15) is 0 Å². The number of rotatable bonds is 4. The van der Waals surface area contributed by atoms with Gasteiger partial charge in [-0.2, -0.15) is 0 Å². The average molecular weight is 186 g/mol. The molecular formula is C10H22N2O. The predicted molar refractivity (Wildman–Crippen MR) is 54.8 cm³/mol. The molecule has 78 valence electrons. The van der Waals surface area contributed by atoms with Crippen LogP contribution in [-0.2, 0) is 0 Å². The molecule has 2 N–H and O–H groups in total.